The molecule has 2 N–H and O–H groups in total. The Hall–Kier alpha value is -3.23. The molecule has 1 aliphatic heterocycles. The van der Waals surface area contributed by atoms with E-state index in [1.165, 1.54) is 17.9 Å². The average molecular weight is 461 g/mol. The third kappa shape index (κ3) is 5.23. The summed E-state index contributed by atoms with van der Waals surface area (Å²) < 4.78 is 45.8. The molecular weight excluding hydrogens is 435 g/mol. The van der Waals surface area contributed by atoms with Crippen molar-refractivity contribution in [1.29, 1.82) is 0 Å². The van der Waals surface area contributed by atoms with Gasteiger partial charge in [0.05, 0.1) is 29.2 Å². The number of ether oxygens (including phenoxy) is 1. The summed E-state index contributed by atoms with van der Waals surface area (Å²) >= 11 is 0. The van der Waals surface area contributed by atoms with E-state index in [2.05, 4.69) is 10.6 Å². The summed E-state index contributed by atoms with van der Waals surface area (Å²) in [7, 11) is 0. The van der Waals surface area contributed by atoms with Crippen molar-refractivity contribution in [1.82, 2.24) is 0 Å². The highest BCUT2D eigenvalue weighted by atomic mass is 19.4. The monoisotopic (exact) mass is 461 g/mol. The largest absolute Gasteiger partial charge is 0.476 e. The van der Waals surface area contributed by atoms with Gasteiger partial charge in [-0.05, 0) is 43.2 Å². The summed E-state index contributed by atoms with van der Waals surface area (Å²) in [5, 5.41) is 5.90. The number of amides is 2. The van der Waals surface area contributed by atoms with E-state index < -0.39 is 23.8 Å². The van der Waals surface area contributed by atoms with Gasteiger partial charge in [-0.25, -0.2) is 0 Å². The molecule has 9 heteroatoms. The Balaban J connectivity index is 1.58. The number of hydrogen-bond acceptors (Lipinski definition) is 4. The molecule has 0 saturated heterocycles. The topological polar surface area (TPSA) is 70.7 Å². The van der Waals surface area contributed by atoms with E-state index in [1.54, 1.807) is 24.3 Å². The molecule has 0 bridgehead atoms. The fourth-order valence-corrected chi connectivity index (χ4v) is 4.30. The van der Waals surface area contributed by atoms with Crippen molar-refractivity contribution in [2.24, 2.45) is 0 Å². The number of nitrogens with zero attached hydrogens (tertiary/aromatic N) is 1. The van der Waals surface area contributed by atoms with Gasteiger partial charge in [-0.15, -0.1) is 0 Å². The van der Waals surface area contributed by atoms with Crippen molar-refractivity contribution in [3.8, 4) is 5.75 Å². The molecule has 2 aromatic carbocycles. The zero-order valence-corrected chi connectivity index (χ0v) is 18.2. The van der Waals surface area contributed by atoms with Crippen LogP contribution in [0.15, 0.2) is 42.5 Å². The predicted octanol–water partition coefficient (Wildman–Crippen LogP) is 5.20. The van der Waals surface area contributed by atoms with Crippen molar-refractivity contribution < 1.29 is 27.5 Å². The lowest BCUT2D eigenvalue weighted by atomic mass is 9.95. The number of alkyl halides is 3. The molecule has 2 amide bonds. The summed E-state index contributed by atoms with van der Waals surface area (Å²) in [5.74, 6) is -0.521. The molecule has 0 spiro atoms. The number of halogens is 3. The number of benzene rings is 2. The normalized spacial score (nSPS) is 18.8. The Morgan fingerprint density at radius 3 is 2.45 bits per heavy atom. The van der Waals surface area contributed by atoms with Crippen LogP contribution in [-0.2, 0) is 15.8 Å². The molecular formula is C24H26F3N3O3. The molecule has 0 unspecified atom stereocenters. The first-order valence-electron chi connectivity index (χ1n) is 11.0. The molecule has 1 saturated carbocycles. The highest BCUT2D eigenvalue weighted by Gasteiger charge is 2.34. The molecule has 2 aliphatic rings. The number of para-hydroxylation sites is 2. The first kappa shape index (κ1) is 22.9. The maximum atomic E-state index is 13.4. The number of carbonyl (C=O) groups is 2. The molecule has 1 aliphatic carbocycles. The zero-order valence-electron chi connectivity index (χ0n) is 18.2. The van der Waals surface area contributed by atoms with Gasteiger partial charge in [-0.3, -0.25) is 9.59 Å². The van der Waals surface area contributed by atoms with Crippen molar-refractivity contribution in [3.05, 3.63) is 48.0 Å². The smallest absolute Gasteiger partial charge is 0.416 e. The first-order valence-corrected chi connectivity index (χ1v) is 11.0. The average Bonchev–Trinajstić information content (AvgIpc) is 2.79. The molecule has 0 radical (unpaired) electrons. The second-order valence-electron chi connectivity index (χ2n) is 8.43. The van der Waals surface area contributed by atoms with Crippen LogP contribution in [-0.4, -0.2) is 30.5 Å². The first-order chi connectivity index (χ1) is 15.7. The van der Waals surface area contributed by atoms with E-state index in [-0.39, 0.29) is 24.2 Å². The van der Waals surface area contributed by atoms with E-state index in [1.807, 2.05) is 0 Å². The van der Waals surface area contributed by atoms with E-state index in [4.69, 9.17) is 4.74 Å². The highest BCUT2D eigenvalue weighted by molar-refractivity contribution is 6.01. The molecule has 2 aromatic rings. The Labute approximate surface area is 190 Å². The Kier molecular flexibility index (Phi) is 6.49. The summed E-state index contributed by atoms with van der Waals surface area (Å²) in [6.07, 6.45) is -0.529. The lowest BCUT2D eigenvalue weighted by Gasteiger charge is -2.33. The minimum atomic E-state index is -4.55. The molecule has 1 fully saturated rings. The number of hydrogen-bond donors (Lipinski definition) is 2. The van der Waals surface area contributed by atoms with Gasteiger partial charge in [0, 0.05) is 13.0 Å². The summed E-state index contributed by atoms with van der Waals surface area (Å²) in [4.78, 5) is 26.6. The fraction of sp³-hybridized carbons (Fsp3) is 0.417. The van der Waals surface area contributed by atoms with Crippen LogP contribution < -0.4 is 20.3 Å². The van der Waals surface area contributed by atoms with Crippen molar-refractivity contribution in [2.45, 2.75) is 57.3 Å². The van der Waals surface area contributed by atoms with Crippen LogP contribution in [0.5, 0.6) is 5.75 Å². The van der Waals surface area contributed by atoms with Gasteiger partial charge >= 0.3 is 6.18 Å². The fourth-order valence-electron chi connectivity index (χ4n) is 4.30. The van der Waals surface area contributed by atoms with Crippen molar-refractivity contribution >= 4 is 28.9 Å². The molecule has 4 rings (SSSR count). The van der Waals surface area contributed by atoms with Gasteiger partial charge in [-0.2, -0.15) is 13.2 Å². The zero-order chi connectivity index (χ0) is 23.6. The standard InChI is InChI=1S/C24H26F3N3O3/c1-15(31)30-14-22(33-21-10-6-5-9-20(21)30)23(32)29-19-13-16(24(25,26)27)11-12-18(19)28-17-7-3-2-4-8-17/h5-6,9-13,17,22,28H,2-4,7-8,14H2,1H3,(H,29,32)/t22-/m1/s1. The molecule has 1 heterocycles. The lowest BCUT2D eigenvalue weighted by molar-refractivity contribution is -0.137. The number of carbonyl (C=O) groups excluding carboxylic acids is 2. The second-order valence-corrected chi connectivity index (χ2v) is 8.43. The Morgan fingerprint density at radius 1 is 1.03 bits per heavy atom. The van der Waals surface area contributed by atoms with E-state index in [0.29, 0.717) is 17.1 Å². The number of rotatable bonds is 4. The van der Waals surface area contributed by atoms with Crippen LogP contribution >= 0.6 is 0 Å². The van der Waals surface area contributed by atoms with Gasteiger partial charge in [0.2, 0.25) is 5.91 Å². The Morgan fingerprint density at radius 2 is 1.76 bits per heavy atom. The molecule has 33 heavy (non-hydrogen) atoms. The summed E-state index contributed by atoms with van der Waals surface area (Å²) in [6, 6.07) is 10.3. The lowest BCUT2D eigenvalue weighted by Crippen LogP contribution is -2.48. The summed E-state index contributed by atoms with van der Waals surface area (Å²) in [5.41, 5.74) is 0.167. The van der Waals surface area contributed by atoms with Crippen LogP contribution in [0.3, 0.4) is 0 Å². The van der Waals surface area contributed by atoms with Gasteiger partial charge in [0.25, 0.3) is 5.91 Å². The summed E-state index contributed by atoms with van der Waals surface area (Å²) in [6.45, 7) is 1.35. The maximum Gasteiger partial charge on any atom is 0.416 e. The predicted molar refractivity (Wildman–Crippen MR) is 119 cm³/mol. The van der Waals surface area contributed by atoms with Crippen molar-refractivity contribution in [2.75, 3.05) is 22.1 Å². The number of fused-ring (bicyclic) bond motifs is 1. The van der Waals surface area contributed by atoms with Gasteiger partial charge in [0.15, 0.2) is 6.10 Å². The molecule has 0 aromatic heterocycles. The van der Waals surface area contributed by atoms with E-state index >= 15 is 0 Å². The van der Waals surface area contributed by atoms with Crippen LogP contribution in [0, 0.1) is 0 Å². The van der Waals surface area contributed by atoms with Crippen LogP contribution in [0.2, 0.25) is 0 Å². The third-order valence-electron chi connectivity index (χ3n) is 6.02. The molecule has 176 valence electrons. The third-order valence-corrected chi connectivity index (χ3v) is 6.02. The number of nitrogens with one attached hydrogen (secondary N) is 2. The second kappa shape index (κ2) is 9.33. The van der Waals surface area contributed by atoms with E-state index in [0.717, 1.165) is 44.2 Å². The minimum absolute atomic E-state index is 0.0391. The highest BCUT2D eigenvalue weighted by Crippen LogP contribution is 2.36. The van der Waals surface area contributed by atoms with Gasteiger partial charge < -0.3 is 20.3 Å². The van der Waals surface area contributed by atoms with Crippen LogP contribution in [0.4, 0.5) is 30.2 Å². The Bertz CT molecular complexity index is 1040. The molecule has 6 nitrogen and oxygen atoms in total. The molecule has 1 atom stereocenters. The number of anilines is 3. The minimum Gasteiger partial charge on any atom is -0.476 e. The van der Waals surface area contributed by atoms with Crippen molar-refractivity contribution in [3.63, 3.8) is 0 Å². The SMILES string of the molecule is CC(=O)N1C[C@H](C(=O)Nc2cc(C(F)(F)F)ccc2NC2CCCCC2)Oc2ccccc21. The van der Waals surface area contributed by atoms with Crippen LogP contribution in [0.1, 0.15) is 44.6 Å². The quantitative estimate of drug-likeness (QED) is 0.657. The maximum absolute atomic E-state index is 13.4. The van der Waals surface area contributed by atoms with Crippen LogP contribution in [0.25, 0.3) is 0 Å². The van der Waals surface area contributed by atoms with E-state index in [9.17, 15) is 22.8 Å². The van der Waals surface area contributed by atoms with Gasteiger partial charge in [-0.1, -0.05) is 31.4 Å². The van der Waals surface area contributed by atoms with Gasteiger partial charge in [0.1, 0.15) is 5.75 Å².